The van der Waals surface area contributed by atoms with Crippen LogP contribution in [0.1, 0.15) is 16.8 Å². The van der Waals surface area contributed by atoms with Gasteiger partial charge in [-0.2, -0.15) is 5.26 Å². The number of hydrogen-bond acceptors (Lipinski definition) is 2. The van der Waals surface area contributed by atoms with Crippen LogP contribution >= 0.6 is 0 Å². The van der Waals surface area contributed by atoms with Crippen molar-refractivity contribution < 1.29 is 0 Å². The van der Waals surface area contributed by atoms with Gasteiger partial charge in [0.15, 0.2) is 0 Å². The number of anilines is 1. The van der Waals surface area contributed by atoms with Crippen LogP contribution in [0.15, 0.2) is 30.3 Å². The molecule has 0 spiro atoms. The Hall–Kier alpha value is -2.21. The zero-order valence-corrected chi connectivity index (χ0v) is 10.1. The summed E-state index contributed by atoms with van der Waals surface area (Å²) in [6.07, 6.45) is 0.359. The molecule has 3 nitrogen and oxygen atoms in total. The van der Waals surface area contributed by atoms with Crippen LogP contribution in [-0.4, -0.2) is 4.57 Å². The Morgan fingerprint density at radius 2 is 1.88 bits per heavy atom. The maximum absolute atomic E-state index is 8.82. The number of nitrogen functional groups attached to an aromatic ring is 1. The molecular weight excluding hydrogens is 210 g/mol. The minimum atomic E-state index is 0.359. The number of benzene rings is 1. The Bertz CT molecular complexity index is 574. The molecule has 1 heterocycles. The molecule has 0 aliphatic carbocycles. The number of rotatable bonds is 2. The predicted octanol–water partition coefficient (Wildman–Crippen LogP) is 2.74. The van der Waals surface area contributed by atoms with E-state index in [-0.39, 0.29) is 0 Å². The van der Waals surface area contributed by atoms with Crippen molar-refractivity contribution in [2.45, 2.75) is 20.3 Å². The Kier molecular flexibility index (Phi) is 2.88. The van der Waals surface area contributed by atoms with E-state index in [9.17, 15) is 0 Å². The van der Waals surface area contributed by atoms with Crippen LogP contribution in [0.3, 0.4) is 0 Å². The molecule has 0 amide bonds. The lowest BCUT2D eigenvalue weighted by atomic mass is 10.1. The van der Waals surface area contributed by atoms with Crippen molar-refractivity contribution in [3.63, 3.8) is 0 Å². The normalized spacial score (nSPS) is 10.2. The van der Waals surface area contributed by atoms with Gasteiger partial charge in [0.05, 0.1) is 12.5 Å². The van der Waals surface area contributed by atoms with Crippen molar-refractivity contribution >= 4 is 5.82 Å². The smallest absolute Gasteiger partial charge is 0.112 e. The third-order valence-electron chi connectivity index (χ3n) is 3.15. The van der Waals surface area contributed by atoms with E-state index in [1.807, 2.05) is 48.7 Å². The molecule has 0 unspecified atom stereocenters. The van der Waals surface area contributed by atoms with E-state index in [4.69, 9.17) is 11.0 Å². The fourth-order valence-electron chi connectivity index (χ4n) is 2.11. The van der Waals surface area contributed by atoms with Crippen molar-refractivity contribution in [1.82, 2.24) is 4.57 Å². The quantitative estimate of drug-likeness (QED) is 0.854. The number of hydrogen-bond donors (Lipinski definition) is 1. The van der Waals surface area contributed by atoms with Gasteiger partial charge < -0.3 is 10.3 Å². The zero-order chi connectivity index (χ0) is 12.4. The predicted molar refractivity (Wildman–Crippen MR) is 69.0 cm³/mol. The number of nitriles is 1. The van der Waals surface area contributed by atoms with Gasteiger partial charge in [-0.25, -0.2) is 0 Å². The highest BCUT2D eigenvalue weighted by Crippen LogP contribution is 2.28. The molecule has 0 saturated heterocycles. The first-order valence-electron chi connectivity index (χ1n) is 5.55. The monoisotopic (exact) mass is 225 g/mol. The summed E-state index contributed by atoms with van der Waals surface area (Å²) in [7, 11) is 0. The summed E-state index contributed by atoms with van der Waals surface area (Å²) < 4.78 is 2.00. The second-order valence-corrected chi connectivity index (χ2v) is 4.08. The van der Waals surface area contributed by atoms with Crippen molar-refractivity contribution in [2.24, 2.45) is 0 Å². The van der Waals surface area contributed by atoms with E-state index in [1.165, 1.54) is 0 Å². The molecule has 0 radical (unpaired) electrons. The number of aromatic nitrogens is 1. The lowest BCUT2D eigenvalue weighted by Gasteiger charge is -2.08. The third-order valence-corrected chi connectivity index (χ3v) is 3.15. The molecule has 86 valence electrons. The molecule has 1 aromatic carbocycles. The third kappa shape index (κ3) is 1.78. The van der Waals surface area contributed by atoms with E-state index in [2.05, 4.69) is 6.07 Å². The molecule has 17 heavy (non-hydrogen) atoms. The van der Waals surface area contributed by atoms with Crippen molar-refractivity contribution in [2.75, 3.05) is 5.73 Å². The molecule has 1 aromatic heterocycles. The average molecular weight is 225 g/mol. The van der Waals surface area contributed by atoms with E-state index in [0.29, 0.717) is 12.2 Å². The van der Waals surface area contributed by atoms with Crippen LogP contribution in [0.5, 0.6) is 0 Å². The number of para-hydroxylation sites is 1. The van der Waals surface area contributed by atoms with Gasteiger partial charge in [-0.3, -0.25) is 0 Å². The fourth-order valence-corrected chi connectivity index (χ4v) is 2.11. The second kappa shape index (κ2) is 4.34. The Morgan fingerprint density at radius 1 is 1.24 bits per heavy atom. The van der Waals surface area contributed by atoms with Gasteiger partial charge in [0.1, 0.15) is 5.82 Å². The van der Waals surface area contributed by atoms with E-state index >= 15 is 0 Å². The maximum Gasteiger partial charge on any atom is 0.112 e. The van der Waals surface area contributed by atoms with Crippen LogP contribution in [0.2, 0.25) is 0 Å². The minimum absolute atomic E-state index is 0.359. The lowest BCUT2D eigenvalue weighted by Crippen LogP contribution is -2.02. The molecule has 0 aliphatic rings. The Morgan fingerprint density at radius 3 is 2.47 bits per heavy atom. The Balaban J connectivity index is 2.64. The van der Waals surface area contributed by atoms with Crippen LogP contribution in [0.25, 0.3) is 5.69 Å². The highest BCUT2D eigenvalue weighted by molar-refractivity contribution is 5.57. The first-order chi connectivity index (χ1) is 8.16. The van der Waals surface area contributed by atoms with Crippen molar-refractivity contribution in [3.8, 4) is 11.8 Å². The minimum Gasteiger partial charge on any atom is -0.385 e. The van der Waals surface area contributed by atoms with Gasteiger partial charge in [0, 0.05) is 16.9 Å². The Labute approximate surface area is 101 Å². The summed E-state index contributed by atoms with van der Waals surface area (Å²) in [6, 6.07) is 12.1. The van der Waals surface area contributed by atoms with E-state index in [0.717, 1.165) is 22.5 Å². The van der Waals surface area contributed by atoms with Gasteiger partial charge in [-0.15, -0.1) is 0 Å². The summed E-state index contributed by atoms with van der Waals surface area (Å²) in [5, 5.41) is 8.82. The summed E-state index contributed by atoms with van der Waals surface area (Å²) in [5.74, 6) is 0.674. The zero-order valence-electron chi connectivity index (χ0n) is 10.1. The number of nitrogens with two attached hydrogens (primary N) is 1. The molecule has 2 rings (SSSR count). The largest absolute Gasteiger partial charge is 0.385 e. The van der Waals surface area contributed by atoms with Gasteiger partial charge in [0.2, 0.25) is 0 Å². The molecule has 2 aromatic rings. The summed E-state index contributed by atoms with van der Waals surface area (Å²) in [5.41, 5.74) is 10.3. The van der Waals surface area contributed by atoms with Crippen LogP contribution in [0.4, 0.5) is 5.82 Å². The summed E-state index contributed by atoms with van der Waals surface area (Å²) >= 11 is 0. The van der Waals surface area contributed by atoms with Gasteiger partial charge >= 0.3 is 0 Å². The molecule has 0 fully saturated rings. The summed E-state index contributed by atoms with van der Waals surface area (Å²) in [6.45, 7) is 4.04. The average Bonchev–Trinajstić information content (AvgIpc) is 2.55. The summed E-state index contributed by atoms with van der Waals surface area (Å²) in [4.78, 5) is 0. The molecule has 2 N–H and O–H groups in total. The van der Waals surface area contributed by atoms with E-state index < -0.39 is 0 Å². The molecule has 0 aliphatic heterocycles. The van der Waals surface area contributed by atoms with Gasteiger partial charge in [-0.1, -0.05) is 18.2 Å². The lowest BCUT2D eigenvalue weighted by molar-refractivity contribution is 1.02. The maximum atomic E-state index is 8.82. The van der Waals surface area contributed by atoms with Crippen molar-refractivity contribution in [3.05, 3.63) is 47.2 Å². The first-order valence-corrected chi connectivity index (χ1v) is 5.55. The molecule has 0 saturated carbocycles. The number of nitrogens with zero attached hydrogens (tertiary/aromatic N) is 2. The highest BCUT2D eigenvalue weighted by atomic mass is 15.1. The van der Waals surface area contributed by atoms with Gasteiger partial charge in [0.25, 0.3) is 0 Å². The second-order valence-electron chi connectivity index (χ2n) is 4.08. The standard InChI is InChI=1S/C14H15N3/c1-10-11(2)17(12-6-4-3-5-7-12)14(16)13(10)8-9-15/h3-7H,8,16H2,1-2H3. The van der Waals surface area contributed by atoms with Gasteiger partial charge in [-0.05, 0) is 31.5 Å². The molecular formula is C14H15N3. The van der Waals surface area contributed by atoms with Crippen molar-refractivity contribution in [1.29, 1.82) is 5.26 Å². The van der Waals surface area contributed by atoms with Crippen LogP contribution in [0, 0.1) is 25.2 Å². The molecule has 3 heteroatoms. The highest BCUT2D eigenvalue weighted by Gasteiger charge is 2.15. The SMILES string of the molecule is Cc1c(CC#N)c(N)n(-c2ccccc2)c1C. The van der Waals surface area contributed by atoms with E-state index in [1.54, 1.807) is 0 Å². The van der Waals surface area contributed by atoms with Crippen LogP contribution in [-0.2, 0) is 6.42 Å². The topological polar surface area (TPSA) is 54.7 Å². The fraction of sp³-hybridized carbons (Fsp3) is 0.214. The molecule has 0 bridgehead atoms. The first kappa shape index (κ1) is 11.3. The van der Waals surface area contributed by atoms with Crippen LogP contribution < -0.4 is 5.73 Å². The molecule has 0 atom stereocenters.